The molecule has 0 fully saturated rings. The largest absolute Gasteiger partial charge is 0.573 e. The summed E-state index contributed by atoms with van der Waals surface area (Å²) in [5.41, 5.74) is 0.109. The van der Waals surface area contributed by atoms with Gasteiger partial charge in [-0.25, -0.2) is 0 Å². The lowest BCUT2D eigenvalue weighted by Gasteiger charge is -2.09. The summed E-state index contributed by atoms with van der Waals surface area (Å²) in [6, 6.07) is 4.06. The first-order valence-electron chi connectivity index (χ1n) is 5.08. The number of nitrogens with one attached hydrogen (secondary N) is 1. The number of ether oxygens (including phenoxy) is 1. The molecule has 0 aromatic heterocycles. The zero-order valence-corrected chi connectivity index (χ0v) is 10.6. The fourth-order valence-electron chi connectivity index (χ4n) is 1.10. The molecule has 0 spiro atoms. The maximum Gasteiger partial charge on any atom is 0.573 e. The Morgan fingerprint density at radius 2 is 1.62 bits per heavy atom. The third-order valence-corrected chi connectivity index (χ3v) is 2.21. The van der Waals surface area contributed by atoms with Gasteiger partial charge in [0.05, 0.1) is 0 Å². The van der Waals surface area contributed by atoms with Gasteiger partial charge >= 0.3 is 12.5 Å². The summed E-state index contributed by atoms with van der Waals surface area (Å²) in [5, 5.41) is 1.12. The normalized spacial score (nSPS) is 13.0. The Morgan fingerprint density at radius 3 is 2.05 bits per heavy atom. The summed E-state index contributed by atoms with van der Waals surface area (Å²) in [6.45, 7) is 0. The van der Waals surface area contributed by atoms with Crippen LogP contribution in [-0.4, -0.2) is 18.3 Å². The smallest absolute Gasteiger partial charge is 0.406 e. The topological polar surface area (TPSA) is 38.3 Å². The number of halogens is 7. The quantitative estimate of drug-likeness (QED) is 0.662. The van der Waals surface area contributed by atoms with Gasteiger partial charge < -0.3 is 10.1 Å². The third kappa shape index (κ3) is 5.94. The molecule has 0 unspecified atom stereocenters. The number of rotatable bonds is 4. The molecule has 1 aromatic rings. The molecule has 0 amide bonds. The minimum atomic E-state index is -5.11. The van der Waals surface area contributed by atoms with E-state index in [-0.39, 0.29) is 5.69 Å². The summed E-state index contributed by atoms with van der Waals surface area (Å²) in [7, 11) is 0. The maximum absolute atomic E-state index is 12.0. The zero-order chi connectivity index (χ0) is 16.3. The van der Waals surface area contributed by atoms with Crippen LogP contribution in [0.4, 0.5) is 32.0 Å². The highest BCUT2D eigenvalue weighted by atomic mass is 35.5. The first kappa shape index (κ1) is 17.2. The number of hydrogen-bond acceptors (Lipinski definition) is 3. The predicted molar refractivity (Wildman–Crippen MR) is 61.7 cm³/mol. The van der Waals surface area contributed by atoms with Crippen LogP contribution in [0.15, 0.2) is 35.5 Å². The van der Waals surface area contributed by atoms with E-state index in [0.717, 1.165) is 24.3 Å². The Labute approximate surface area is 119 Å². The van der Waals surface area contributed by atoms with Crippen LogP contribution in [0.3, 0.4) is 0 Å². The molecule has 1 N–H and O–H groups in total. The van der Waals surface area contributed by atoms with Crippen LogP contribution in [0.2, 0.25) is 0 Å². The van der Waals surface area contributed by atoms with Crippen LogP contribution in [0.1, 0.15) is 0 Å². The Kier molecular flexibility index (Phi) is 5.10. The van der Waals surface area contributed by atoms with Gasteiger partial charge in [-0.3, -0.25) is 4.79 Å². The van der Waals surface area contributed by atoms with Gasteiger partial charge in [0, 0.05) is 11.9 Å². The van der Waals surface area contributed by atoms with Crippen LogP contribution in [0, 0.1) is 0 Å². The average Bonchev–Trinajstić information content (AvgIpc) is 2.33. The van der Waals surface area contributed by atoms with E-state index in [0.29, 0.717) is 6.20 Å². The molecule has 0 saturated heterocycles. The Balaban J connectivity index is 2.71. The number of carbonyl (C=O) groups is 1. The lowest BCUT2D eigenvalue weighted by molar-refractivity contribution is -0.274. The monoisotopic (exact) mass is 333 g/mol. The van der Waals surface area contributed by atoms with E-state index < -0.39 is 29.1 Å². The number of carbonyl (C=O) groups excluding carboxylic acids is 1. The van der Waals surface area contributed by atoms with E-state index in [1.165, 1.54) is 0 Å². The average molecular weight is 334 g/mol. The molecule has 0 saturated carbocycles. The summed E-state index contributed by atoms with van der Waals surface area (Å²) in [4.78, 5) is 10.7. The molecule has 3 nitrogen and oxygen atoms in total. The highest BCUT2D eigenvalue weighted by Gasteiger charge is 2.40. The molecule has 21 heavy (non-hydrogen) atoms. The minimum absolute atomic E-state index is 0.109. The lowest BCUT2D eigenvalue weighted by Crippen LogP contribution is -2.23. The fraction of sp³-hybridized carbons (Fsp3) is 0.182. The van der Waals surface area contributed by atoms with E-state index in [1.807, 2.05) is 0 Å². The van der Waals surface area contributed by atoms with Crippen molar-refractivity contribution < 1.29 is 35.9 Å². The van der Waals surface area contributed by atoms with Crippen LogP contribution in [0.25, 0.3) is 0 Å². The molecule has 0 bridgehead atoms. The van der Waals surface area contributed by atoms with Gasteiger partial charge in [0.25, 0.3) is 5.78 Å². The number of hydrogen-bond donors (Lipinski definition) is 1. The van der Waals surface area contributed by atoms with Gasteiger partial charge in [0.2, 0.25) is 0 Å². The van der Waals surface area contributed by atoms with E-state index in [9.17, 15) is 31.1 Å². The van der Waals surface area contributed by atoms with Gasteiger partial charge in [-0.15, -0.1) is 13.2 Å². The Morgan fingerprint density at radius 1 is 1.10 bits per heavy atom. The molecule has 1 rings (SSSR count). The third-order valence-electron chi connectivity index (χ3n) is 1.93. The number of alkyl halides is 6. The van der Waals surface area contributed by atoms with Gasteiger partial charge in [0.15, 0.2) is 0 Å². The molecular weight excluding hydrogens is 328 g/mol. The molecule has 116 valence electrons. The molecule has 1 aromatic carbocycles. The van der Waals surface area contributed by atoms with Crippen LogP contribution >= 0.6 is 11.6 Å². The van der Waals surface area contributed by atoms with Crippen molar-refractivity contribution in [2.45, 2.75) is 12.5 Å². The molecule has 10 heteroatoms. The van der Waals surface area contributed by atoms with Crippen molar-refractivity contribution in [3.05, 3.63) is 35.5 Å². The second-order valence-electron chi connectivity index (χ2n) is 3.54. The second kappa shape index (κ2) is 6.25. The summed E-state index contributed by atoms with van der Waals surface area (Å²) < 4.78 is 75.3. The zero-order valence-electron chi connectivity index (χ0n) is 9.85. The SMILES string of the molecule is O=C(C(Cl)=CNc1ccc(OC(F)(F)F)cc1)C(F)(F)F. The molecule has 0 aliphatic heterocycles. The highest BCUT2D eigenvalue weighted by Crippen LogP contribution is 2.25. The molecular formula is C11H6ClF6NO2. The van der Waals surface area contributed by atoms with Crippen molar-refractivity contribution in [3.63, 3.8) is 0 Å². The van der Waals surface area contributed by atoms with E-state index in [1.54, 1.807) is 0 Å². The first-order chi connectivity index (χ1) is 9.49. The number of ketones is 1. The van der Waals surface area contributed by atoms with E-state index >= 15 is 0 Å². The number of Topliss-reactive ketones (excluding diaryl/α,β-unsaturated/α-hetero) is 1. The molecule has 0 heterocycles. The molecule has 0 aliphatic carbocycles. The van der Waals surface area contributed by atoms with Gasteiger partial charge in [-0.1, -0.05) is 11.6 Å². The summed E-state index contributed by atoms with van der Waals surface area (Å²) in [6.07, 6.45) is -9.38. The van der Waals surface area contributed by atoms with Gasteiger partial charge in [-0.05, 0) is 24.3 Å². The number of anilines is 1. The van der Waals surface area contributed by atoms with Crippen LogP contribution in [-0.2, 0) is 4.79 Å². The molecule has 0 atom stereocenters. The first-order valence-corrected chi connectivity index (χ1v) is 5.46. The molecule has 0 aliphatic rings. The van der Waals surface area contributed by atoms with Gasteiger partial charge in [0.1, 0.15) is 10.8 Å². The van der Waals surface area contributed by atoms with Crippen molar-refractivity contribution in [2.24, 2.45) is 0 Å². The summed E-state index contributed by atoms with van der Waals surface area (Å²) >= 11 is 5.14. The van der Waals surface area contributed by atoms with Crippen molar-refractivity contribution in [3.8, 4) is 5.75 Å². The van der Waals surface area contributed by atoms with Crippen molar-refractivity contribution in [1.82, 2.24) is 0 Å². The van der Waals surface area contributed by atoms with Crippen molar-refractivity contribution in [1.29, 1.82) is 0 Å². The van der Waals surface area contributed by atoms with E-state index in [2.05, 4.69) is 10.1 Å². The standard InChI is InChI=1S/C11H6ClF6NO2/c12-8(9(20)10(13,14)15)5-19-6-1-3-7(4-2-6)21-11(16,17)18/h1-5,19H. The Bertz CT molecular complexity index is 535. The maximum atomic E-state index is 12.0. The van der Waals surface area contributed by atoms with Crippen LogP contribution < -0.4 is 10.1 Å². The number of allylic oxidation sites excluding steroid dienone is 1. The van der Waals surface area contributed by atoms with Gasteiger partial charge in [-0.2, -0.15) is 13.2 Å². The lowest BCUT2D eigenvalue weighted by atomic mass is 10.3. The molecule has 0 radical (unpaired) electrons. The van der Waals surface area contributed by atoms with Crippen LogP contribution in [0.5, 0.6) is 5.75 Å². The Hall–Kier alpha value is -1.90. The second-order valence-corrected chi connectivity index (χ2v) is 3.94. The van der Waals surface area contributed by atoms with Crippen molar-refractivity contribution >= 4 is 23.1 Å². The number of benzene rings is 1. The van der Waals surface area contributed by atoms with E-state index in [4.69, 9.17) is 11.6 Å². The highest BCUT2D eigenvalue weighted by molar-refractivity contribution is 6.43. The van der Waals surface area contributed by atoms with Crippen molar-refractivity contribution in [2.75, 3.05) is 5.32 Å². The summed E-state index contributed by atoms with van der Waals surface area (Å²) in [5.74, 6) is -2.75. The minimum Gasteiger partial charge on any atom is -0.406 e. The predicted octanol–water partition coefficient (Wildman–Crippen LogP) is 4.21. The fourth-order valence-corrected chi connectivity index (χ4v) is 1.26.